The van der Waals surface area contributed by atoms with Gasteiger partial charge in [-0.15, -0.1) is 0 Å². The number of rotatable bonds is 4. The van der Waals surface area contributed by atoms with E-state index in [0.717, 1.165) is 5.56 Å². The van der Waals surface area contributed by atoms with Crippen LogP contribution < -0.4 is 10.6 Å². The average Bonchev–Trinajstić information content (AvgIpc) is 2.90. The largest absolute Gasteiger partial charge is 0.355 e. The van der Waals surface area contributed by atoms with Crippen molar-refractivity contribution in [3.63, 3.8) is 0 Å². The molecule has 2 rings (SSSR count). The Balaban J connectivity index is 1.97. The predicted molar refractivity (Wildman–Crippen MR) is 80.7 cm³/mol. The SMILES string of the molecule is CNC(=O)c1ccc(C=CC(=O)Nc2ccn(C)n2)cc1. The zero-order chi connectivity index (χ0) is 15.2. The first kappa shape index (κ1) is 14.5. The highest BCUT2D eigenvalue weighted by Crippen LogP contribution is 2.07. The molecule has 0 fully saturated rings. The molecule has 108 valence electrons. The fourth-order valence-electron chi connectivity index (χ4n) is 1.71. The van der Waals surface area contributed by atoms with Gasteiger partial charge >= 0.3 is 0 Å². The number of carbonyl (C=O) groups excluding carboxylic acids is 2. The van der Waals surface area contributed by atoms with Crippen molar-refractivity contribution in [2.24, 2.45) is 7.05 Å². The summed E-state index contributed by atoms with van der Waals surface area (Å²) in [6, 6.07) is 8.67. The van der Waals surface area contributed by atoms with Crippen LogP contribution >= 0.6 is 0 Å². The van der Waals surface area contributed by atoms with Gasteiger partial charge in [0.15, 0.2) is 5.82 Å². The number of nitrogens with one attached hydrogen (secondary N) is 2. The second-order valence-electron chi connectivity index (χ2n) is 4.40. The van der Waals surface area contributed by atoms with E-state index in [9.17, 15) is 9.59 Å². The van der Waals surface area contributed by atoms with Crippen molar-refractivity contribution in [3.05, 3.63) is 53.7 Å². The molecular formula is C15H16N4O2. The van der Waals surface area contributed by atoms with Gasteiger partial charge in [0.05, 0.1) is 0 Å². The summed E-state index contributed by atoms with van der Waals surface area (Å²) in [6.45, 7) is 0. The molecule has 0 bridgehead atoms. The number of hydrogen-bond donors (Lipinski definition) is 2. The van der Waals surface area contributed by atoms with Crippen LogP contribution in [0.2, 0.25) is 0 Å². The zero-order valence-corrected chi connectivity index (χ0v) is 11.8. The second kappa shape index (κ2) is 6.51. The summed E-state index contributed by atoms with van der Waals surface area (Å²) in [6.07, 6.45) is 4.84. The molecule has 2 aromatic rings. The van der Waals surface area contributed by atoms with Gasteiger partial charge in [-0.05, 0) is 23.8 Å². The van der Waals surface area contributed by atoms with Gasteiger partial charge in [-0.2, -0.15) is 5.10 Å². The van der Waals surface area contributed by atoms with E-state index in [-0.39, 0.29) is 11.8 Å². The van der Waals surface area contributed by atoms with Gasteiger partial charge < -0.3 is 10.6 Å². The van der Waals surface area contributed by atoms with Gasteiger partial charge in [0, 0.05) is 38.0 Å². The first-order valence-electron chi connectivity index (χ1n) is 6.39. The number of amides is 2. The predicted octanol–water partition coefficient (Wildman–Crippen LogP) is 1.43. The highest BCUT2D eigenvalue weighted by atomic mass is 16.2. The van der Waals surface area contributed by atoms with Crippen molar-refractivity contribution in [1.29, 1.82) is 0 Å². The molecule has 2 amide bonds. The Morgan fingerprint density at radius 2 is 1.90 bits per heavy atom. The zero-order valence-electron chi connectivity index (χ0n) is 11.8. The molecule has 6 heteroatoms. The summed E-state index contributed by atoms with van der Waals surface area (Å²) in [7, 11) is 3.36. The number of aromatic nitrogens is 2. The number of aryl methyl sites for hydroxylation is 1. The Morgan fingerprint density at radius 1 is 1.19 bits per heavy atom. The van der Waals surface area contributed by atoms with Gasteiger partial charge in [0.2, 0.25) is 5.91 Å². The van der Waals surface area contributed by atoms with Gasteiger partial charge in [-0.1, -0.05) is 12.1 Å². The molecule has 0 aliphatic carbocycles. The molecule has 2 N–H and O–H groups in total. The van der Waals surface area contributed by atoms with Gasteiger partial charge in [-0.3, -0.25) is 14.3 Å². The van der Waals surface area contributed by atoms with Gasteiger partial charge in [0.25, 0.3) is 5.91 Å². The van der Waals surface area contributed by atoms with Gasteiger partial charge in [-0.25, -0.2) is 0 Å². The van der Waals surface area contributed by atoms with Crippen molar-refractivity contribution >= 4 is 23.7 Å². The average molecular weight is 284 g/mol. The number of nitrogens with zero attached hydrogens (tertiary/aromatic N) is 2. The Kier molecular flexibility index (Phi) is 4.50. The summed E-state index contributed by atoms with van der Waals surface area (Å²) >= 11 is 0. The van der Waals surface area contributed by atoms with E-state index in [0.29, 0.717) is 11.4 Å². The Bertz CT molecular complexity index is 671. The summed E-state index contributed by atoms with van der Waals surface area (Å²) in [5.74, 6) is 0.101. The minimum atomic E-state index is -0.260. The molecule has 1 heterocycles. The number of carbonyl (C=O) groups is 2. The molecule has 0 radical (unpaired) electrons. The maximum absolute atomic E-state index is 11.7. The van der Waals surface area contributed by atoms with Crippen LogP contribution in [0.15, 0.2) is 42.6 Å². The Hall–Kier alpha value is -2.89. The Morgan fingerprint density at radius 3 is 2.48 bits per heavy atom. The molecule has 0 spiro atoms. The molecule has 1 aromatic carbocycles. The quantitative estimate of drug-likeness (QED) is 0.834. The lowest BCUT2D eigenvalue weighted by molar-refractivity contribution is -0.111. The van der Waals surface area contributed by atoms with Crippen LogP contribution in [-0.4, -0.2) is 28.6 Å². The lowest BCUT2D eigenvalue weighted by atomic mass is 10.1. The van der Waals surface area contributed by atoms with Crippen LogP contribution in [0.25, 0.3) is 6.08 Å². The third-order valence-corrected chi connectivity index (χ3v) is 2.79. The summed E-state index contributed by atoms with van der Waals surface area (Å²) < 4.78 is 1.61. The van der Waals surface area contributed by atoms with Crippen molar-refractivity contribution in [1.82, 2.24) is 15.1 Å². The molecule has 21 heavy (non-hydrogen) atoms. The third kappa shape index (κ3) is 4.04. The first-order valence-corrected chi connectivity index (χ1v) is 6.39. The lowest BCUT2D eigenvalue weighted by Gasteiger charge is -2.00. The molecule has 1 aromatic heterocycles. The molecule has 0 saturated carbocycles. The molecule has 0 aliphatic rings. The van der Waals surface area contributed by atoms with Crippen LogP contribution in [0.3, 0.4) is 0 Å². The monoisotopic (exact) mass is 284 g/mol. The number of anilines is 1. The van der Waals surface area contributed by atoms with Crippen molar-refractivity contribution in [2.45, 2.75) is 0 Å². The van der Waals surface area contributed by atoms with Crippen LogP contribution in [0.1, 0.15) is 15.9 Å². The summed E-state index contributed by atoms with van der Waals surface area (Å²) in [5, 5.41) is 9.25. The van der Waals surface area contributed by atoms with Crippen molar-refractivity contribution in [3.8, 4) is 0 Å². The summed E-state index contributed by atoms with van der Waals surface area (Å²) in [4.78, 5) is 23.1. The fourth-order valence-corrected chi connectivity index (χ4v) is 1.71. The minimum absolute atomic E-state index is 0.140. The smallest absolute Gasteiger partial charge is 0.251 e. The van der Waals surface area contributed by atoms with E-state index >= 15 is 0 Å². The Labute approximate surface area is 122 Å². The maximum atomic E-state index is 11.7. The molecule has 0 saturated heterocycles. The standard InChI is InChI=1S/C15H16N4O2/c1-16-15(21)12-6-3-11(4-7-12)5-8-14(20)17-13-9-10-19(2)18-13/h3-10H,1-2H3,(H,16,21)(H,17,18,20). The molecule has 0 atom stereocenters. The topological polar surface area (TPSA) is 76.0 Å². The van der Waals surface area contributed by atoms with Crippen LogP contribution in [0.4, 0.5) is 5.82 Å². The van der Waals surface area contributed by atoms with Crippen molar-refractivity contribution in [2.75, 3.05) is 12.4 Å². The minimum Gasteiger partial charge on any atom is -0.355 e. The molecule has 0 aliphatic heterocycles. The van der Waals surface area contributed by atoms with Crippen LogP contribution in [-0.2, 0) is 11.8 Å². The molecule has 0 unspecified atom stereocenters. The van der Waals surface area contributed by atoms with E-state index in [4.69, 9.17) is 0 Å². The number of benzene rings is 1. The lowest BCUT2D eigenvalue weighted by Crippen LogP contribution is -2.17. The normalized spacial score (nSPS) is 10.6. The van der Waals surface area contributed by atoms with Crippen molar-refractivity contribution < 1.29 is 9.59 Å². The second-order valence-corrected chi connectivity index (χ2v) is 4.40. The first-order chi connectivity index (χ1) is 10.1. The van der Waals surface area contributed by atoms with Crippen LogP contribution in [0.5, 0.6) is 0 Å². The van der Waals surface area contributed by atoms with E-state index in [2.05, 4.69) is 15.7 Å². The van der Waals surface area contributed by atoms with E-state index in [1.165, 1.54) is 6.08 Å². The summed E-state index contributed by atoms with van der Waals surface area (Å²) in [5.41, 5.74) is 1.41. The third-order valence-electron chi connectivity index (χ3n) is 2.79. The fraction of sp³-hybridized carbons (Fsp3) is 0.133. The van der Waals surface area contributed by atoms with E-state index in [1.54, 1.807) is 61.4 Å². The molecule has 6 nitrogen and oxygen atoms in total. The van der Waals surface area contributed by atoms with Crippen LogP contribution in [0, 0.1) is 0 Å². The van der Waals surface area contributed by atoms with E-state index in [1.807, 2.05) is 0 Å². The highest BCUT2D eigenvalue weighted by molar-refractivity contribution is 6.01. The van der Waals surface area contributed by atoms with E-state index < -0.39 is 0 Å². The van der Waals surface area contributed by atoms with Gasteiger partial charge in [0.1, 0.15) is 0 Å². The molecular weight excluding hydrogens is 268 g/mol. The highest BCUT2D eigenvalue weighted by Gasteiger charge is 2.02. The maximum Gasteiger partial charge on any atom is 0.251 e. The number of hydrogen-bond acceptors (Lipinski definition) is 3.